The molecule has 0 aliphatic carbocycles. The fraction of sp³-hybridized carbons (Fsp3) is 0.294. The first-order valence-electron chi connectivity index (χ1n) is 6.64. The lowest BCUT2D eigenvalue weighted by Gasteiger charge is -2.27. The van der Waals surface area contributed by atoms with Crippen LogP contribution in [0.2, 0.25) is 0 Å². The number of benzene rings is 2. The Morgan fingerprint density at radius 2 is 1.55 bits per heavy atom. The summed E-state index contributed by atoms with van der Waals surface area (Å²) in [6.45, 7) is 3.93. The van der Waals surface area contributed by atoms with E-state index < -0.39 is 11.4 Å². The molecule has 1 unspecified atom stereocenters. The van der Waals surface area contributed by atoms with Gasteiger partial charge in [-0.25, -0.2) is 0 Å². The minimum Gasteiger partial charge on any atom is -0.497 e. The maximum Gasteiger partial charge on any atom is 0.221 e. The third-order valence-corrected chi connectivity index (χ3v) is 3.82. The van der Waals surface area contributed by atoms with Gasteiger partial charge in [0, 0.05) is 11.1 Å². The van der Waals surface area contributed by atoms with Crippen LogP contribution in [-0.4, -0.2) is 12.2 Å². The number of hydrogen-bond donors (Lipinski definition) is 1. The van der Waals surface area contributed by atoms with Gasteiger partial charge in [0.05, 0.1) is 12.7 Å². The molecular formula is C17H18O3. The third kappa shape index (κ3) is 1.82. The second-order valence-electron chi connectivity index (χ2n) is 5.53. The highest BCUT2D eigenvalue weighted by molar-refractivity contribution is 5.46. The Bertz CT molecular complexity index is 631. The van der Waals surface area contributed by atoms with E-state index in [0.717, 1.165) is 16.9 Å². The molecule has 1 atom stereocenters. The Morgan fingerprint density at radius 3 is 2.15 bits per heavy atom. The molecule has 0 radical (unpaired) electrons. The summed E-state index contributed by atoms with van der Waals surface area (Å²) in [7, 11) is 1.62. The van der Waals surface area contributed by atoms with Gasteiger partial charge in [-0.3, -0.25) is 0 Å². The summed E-state index contributed by atoms with van der Waals surface area (Å²) < 4.78 is 11.1. The first-order valence-corrected chi connectivity index (χ1v) is 6.64. The van der Waals surface area contributed by atoms with Gasteiger partial charge in [0.2, 0.25) is 5.79 Å². The van der Waals surface area contributed by atoms with Crippen molar-refractivity contribution in [3.05, 3.63) is 65.2 Å². The predicted molar refractivity (Wildman–Crippen MR) is 76.5 cm³/mol. The van der Waals surface area contributed by atoms with Crippen LogP contribution < -0.4 is 4.74 Å². The first kappa shape index (κ1) is 13.2. The van der Waals surface area contributed by atoms with E-state index in [1.165, 1.54) is 0 Å². The lowest BCUT2D eigenvalue weighted by molar-refractivity contribution is -0.222. The summed E-state index contributed by atoms with van der Waals surface area (Å²) in [5.41, 5.74) is 2.00. The van der Waals surface area contributed by atoms with Crippen molar-refractivity contribution < 1.29 is 14.6 Å². The molecule has 20 heavy (non-hydrogen) atoms. The number of aliphatic hydroxyl groups is 1. The molecule has 0 saturated carbocycles. The van der Waals surface area contributed by atoms with Gasteiger partial charge in [-0.1, -0.05) is 24.3 Å². The van der Waals surface area contributed by atoms with Crippen molar-refractivity contribution in [3.8, 4) is 5.75 Å². The number of ether oxygens (including phenoxy) is 2. The first-order chi connectivity index (χ1) is 9.47. The van der Waals surface area contributed by atoms with Crippen molar-refractivity contribution in [2.24, 2.45) is 0 Å². The Hall–Kier alpha value is -1.84. The van der Waals surface area contributed by atoms with E-state index in [4.69, 9.17) is 9.47 Å². The zero-order valence-electron chi connectivity index (χ0n) is 11.9. The Balaban J connectivity index is 2.13. The quantitative estimate of drug-likeness (QED) is 0.911. The van der Waals surface area contributed by atoms with Crippen LogP contribution in [0.5, 0.6) is 5.75 Å². The molecule has 3 nitrogen and oxygen atoms in total. The molecule has 3 heteroatoms. The van der Waals surface area contributed by atoms with Gasteiger partial charge in [0.15, 0.2) is 0 Å². The second kappa shape index (κ2) is 4.33. The van der Waals surface area contributed by atoms with Crippen LogP contribution in [0.4, 0.5) is 0 Å². The standard InChI is InChI=1S/C17H18O3/c1-16(2)14-6-4-5-7-15(14)17(18,20-16)12-8-10-13(19-3)11-9-12/h4-11,18H,1-3H3. The normalized spacial score (nSPS) is 23.4. The summed E-state index contributed by atoms with van der Waals surface area (Å²) in [4.78, 5) is 0. The molecule has 0 spiro atoms. The van der Waals surface area contributed by atoms with Crippen molar-refractivity contribution in [1.29, 1.82) is 0 Å². The monoisotopic (exact) mass is 270 g/mol. The maximum atomic E-state index is 11.1. The van der Waals surface area contributed by atoms with Crippen LogP contribution in [-0.2, 0) is 16.1 Å². The summed E-state index contributed by atoms with van der Waals surface area (Å²) in [6.07, 6.45) is 0. The molecule has 0 bridgehead atoms. The summed E-state index contributed by atoms with van der Waals surface area (Å²) in [6, 6.07) is 15.1. The minimum atomic E-state index is -1.41. The van der Waals surface area contributed by atoms with Crippen LogP contribution in [0.15, 0.2) is 48.5 Å². The molecule has 1 N–H and O–H groups in total. The number of rotatable bonds is 2. The molecular weight excluding hydrogens is 252 g/mol. The van der Waals surface area contributed by atoms with Crippen molar-refractivity contribution in [3.63, 3.8) is 0 Å². The van der Waals surface area contributed by atoms with E-state index in [1.54, 1.807) is 7.11 Å². The van der Waals surface area contributed by atoms with Crippen LogP contribution in [0.25, 0.3) is 0 Å². The van der Waals surface area contributed by atoms with E-state index >= 15 is 0 Å². The highest BCUT2D eigenvalue weighted by atomic mass is 16.6. The van der Waals surface area contributed by atoms with Gasteiger partial charge in [0.1, 0.15) is 5.75 Å². The summed E-state index contributed by atoms with van der Waals surface area (Å²) >= 11 is 0. The minimum absolute atomic E-state index is 0.523. The highest BCUT2D eigenvalue weighted by Gasteiger charge is 2.48. The largest absolute Gasteiger partial charge is 0.497 e. The average molecular weight is 270 g/mol. The molecule has 2 aromatic carbocycles. The lowest BCUT2D eigenvalue weighted by Crippen LogP contribution is -2.30. The predicted octanol–water partition coefficient (Wildman–Crippen LogP) is 3.15. The van der Waals surface area contributed by atoms with Gasteiger partial charge in [-0.15, -0.1) is 0 Å². The molecule has 0 fully saturated rings. The number of hydrogen-bond acceptors (Lipinski definition) is 3. The molecule has 0 amide bonds. The van der Waals surface area contributed by atoms with Crippen molar-refractivity contribution in [2.75, 3.05) is 7.11 Å². The van der Waals surface area contributed by atoms with E-state index in [9.17, 15) is 5.11 Å². The SMILES string of the molecule is COc1ccc(C2(O)OC(C)(C)c3ccccc32)cc1. The molecule has 0 aromatic heterocycles. The van der Waals surface area contributed by atoms with Crippen LogP contribution >= 0.6 is 0 Å². The molecule has 3 rings (SSSR count). The van der Waals surface area contributed by atoms with E-state index in [1.807, 2.05) is 62.4 Å². The molecule has 1 heterocycles. The van der Waals surface area contributed by atoms with Crippen molar-refractivity contribution >= 4 is 0 Å². The van der Waals surface area contributed by atoms with Gasteiger partial charge < -0.3 is 14.6 Å². The summed E-state index contributed by atoms with van der Waals surface area (Å²) in [5, 5.41) is 11.1. The average Bonchev–Trinajstić information content (AvgIpc) is 2.68. The number of methoxy groups -OCH3 is 1. The highest BCUT2D eigenvalue weighted by Crippen LogP contribution is 2.48. The van der Waals surface area contributed by atoms with Gasteiger partial charge >= 0.3 is 0 Å². The van der Waals surface area contributed by atoms with Crippen molar-refractivity contribution in [2.45, 2.75) is 25.2 Å². The fourth-order valence-electron chi connectivity index (χ4n) is 2.81. The topological polar surface area (TPSA) is 38.7 Å². The molecule has 2 aromatic rings. The number of fused-ring (bicyclic) bond motifs is 1. The Morgan fingerprint density at radius 1 is 0.950 bits per heavy atom. The van der Waals surface area contributed by atoms with Crippen molar-refractivity contribution in [1.82, 2.24) is 0 Å². The van der Waals surface area contributed by atoms with Crippen LogP contribution in [0, 0.1) is 0 Å². The smallest absolute Gasteiger partial charge is 0.221 e. The fourth-order valence-corrected chi connectivity index (χ4v) is 2.81. The van der Waals surface area contributed by atoms with Gasteiger partial charge in [0.25, 0.3) is 0 Å². The van der Waals surface area contributed by atoms with Crippen LogP contribution in [0.1, 0.15) is 30.5 Å². The summed E-state index contributed by atoms with van der Waals surface area (Å²) in [5.74, 6) is -0.658. The molecule has 0 saturated heterocycles. The lowest BCUT2D eigenvalue weighted by atomic mass is 9.91. The Labute approximate surface area is 118 Å². The zero-order chi connectivity index (χ0) is 14.4. The molecule has 1 aliphatic rings. The maximum absolute atomic E-state index is 11.1. The van der Waals surface area contributed by atoms with Crippen LogP contribution in [0.3, 0.4) is 0 Å². The van der Waals surface area contributed by atoms with Gasteiger partial charge in [-0.2, -0.15) is 0 Å². The molecule has 1 aliphatic heterocycles. The molecule has 104 valence electrons. The zero-order valence-corrected chi connectivity index (χ0v) is 11.9. The second-order valence-corrected chi connectivity index (χ2v) is 5.53. The third-order valence-electron chi connectivity index (χ3n) is 3.82. The van der Waals surface area contributed by atoms with Gasteiger partial charge in [-0.05, 0) is 43.7 Å². The van der Waals surface area contributed by atoms with E-state index in [2.05, 4.69) is 0 Å². The Kier molecular flexibility index (Phi) is 2.85. The van der Waals surface area contributed by atoms with E-state index in [-0.39, 0.29) is 0 Å². The van der Waals surface area contributed by atoms with E-state index in [0.29, 0.717) is 5.56 Å².